The second-order valence-electron chi connectivity index (χ2n) is 2.97. The number of hydrogen-bond donors (Lipinski definition) is 1. The van der Waals surface area contributed by atoms with Gasteiger partial charge in [0.05, 0.1) is 6.42 Å². The predicted molar refractivity (Wildman–Crippen MR) is 62.8 cm³/mol. The second kappa shape index (κ2) is 5.72. The number of hydrogen-bond acceptors (Lipinski definition) is 2. The number of aliphatic carboxylic acids is 1. The van der Waals surface area contributed by atoms with Crippen molar-refractivity contribution in [3.8, 4) is 0 Å². The Morgan fingerprint density at radius 2 is 2.25 bits per heavy atom. The Hall–Kier alpha value is -0.500. The van der Waals surface area contributed by atoms with Crippen molar-refractivity contribution < 1.29 is 18.7 Å². The summed E-state index contributed by atoms with van der Waals surface area (Å²) in [6.07, 6.45) is -2.01. The van der Waals surface area contributed by atoms with Gasteiger partial charge in [-0.3, -0.25) is 9.78 Å². The van der Waals surface area contributed by atoms with Gasteiger partial charge < -0.3 is 5.11 Å². The number of rotatable bonds is 4. The molecular weight excluding hydrogens is 354 g/mol. The summed E-state index contributed by atoms with van der Waals surface area (Å²) in [5.41, 5.74) is 0.116. The van der Waals surface area contributed by atoms with Gasteiger partial charge in [-0.25, -0.2) is 8.78 Å². The molecule has 1 N–H and O–H groups in total. The van der Waals surface area contributed by atoms with Gasteiger partial charge >= 0.3 is 5.97 Å². The average molecular weight is 362 g/mol. The number of alkyl halides is 3. The first-order valence-corrected chi connectivity index (χ1v) is 5.80. The van der Waals surface area contributed by atoms with Gasteiger partial charge in [0.1, 0.15) is 5.69 Å². The maximum Gasteiger partial charge on any atom is 0.307 e. The van der Waals surface area contributed by atoms with Gasteiger partial charge in [-0.15, -0.1) is 11.6 Å². The fourth-order valence-corrected chi connectivity index (χ4v) is 2.41. The smallest absolute Gasteiger partial charge is 0.307 e. The molecule has 0 saturated heterocycles. The van der Waals surface area contributed by atoms with E-state index in [1.54, 1.807) is 0 Å². The van der Waals surface area contributed by atoms with Crippen molar-refractivity contribution in [2.75, 3.05) is 0 Å². The zero-order valence-electron chi connectivity index (χ0n) is 7.88. The van der Waals surface area contributed by atoms with Crippen molar-refractivity contribution in [1.82, 2.24) is 4.98 Å². The predicted octanol–water partition coefficient (Wildman–Crippen LogP) is 2.99. The van der Waals surface area contributed by atoms with E-state index in [2.05, 4.69) is 4.98 Å². The van der Waals surface area contributed by atoms with Crippen LogP contribution in [0.4, 0.5) is 8.78 Å². The van der Waals surface area contributed by atoms with E-state index in [1.165, 1.54) is 6.20 Å². The molecular formula is C9H7ClF2INO2. The first-order valence-electron chi connectivity index (χ1n) is 4.19. The fraction of sp³-hybridized carbons (Fsp3) is 0.333. The zero-order valence-corrected chi connectivity index (χ0v) is 10.8. The summed E-state index contributed by atoms with van der Waals surface area (Å²) in [6.45, 7) is 0. The van der Waals surface area contributed by atoms with Crippen LogP contribution in [0.1, 0.15) is 23.2 Å². The topological polar surface area (TPSA) is 50.2 Å². The minimum absolute atomic E-state index is 0.0428. The monoisotopic (exact) mass is 361 g/mol. The molecule has 0 amide bonds. The third-order valence-corrected chi connectivity index (χ3v) is 3.53. The molecule has 1 rings (SSSR count). The number of carboxylic acids is 1. The van der Waals surface area contributed by atoms with Crippen molar-refractivity contribution in [2.45, 2.75) is 18.7 Å². The molecule has 0 unspecified atom stereocenters. The minimum atomic E-state index is -2.78. The van der Waals surface area contributed by atoms with Crippen LogP contribution >= 0.6 is 34.2 Å². The summed E-state index contributed by atoms with van der Waals surface area (Å²) >= 11 is 7.41. The molecule has 0 aliphatic rings. The molecule has 0 spiro atoms. The van der Waals surface area contributed by atoms with Crippen LogP contribution in [-0.4, -0.2) is 16.1 Å². The van der Waals surface area contributed by atoms with Crippen LogP contribution in [0, 0.1) is 3.57 Å². The van der Waals surface area contributed by atoms with Crippen LogP contribution in [0.25, 0.3) is 0 Å². The van der Waals surface area contributed by atoms with Crippen LogP contribution in [0.5, 0.6) is 0 Å². The third kappa shape index (κ3) is 3.00. The molecule has 0 bridgehead atoms. The molecule has 1 heterocycles. The van der Waals surface area contributed by atoms with Crippen LogP contribution < -0.4 is 0 Å². The van der Waals surface area contributed by atoms with E-state index in [0.29, 0.717) is 9.13 Å². The molecule has 16 heavy (non-hydrogen) atoms. The van der Waals surface area contributed by atoms with Gasteiger partial charge in [0.15, 0.2) is 0 Å². The van der Waals surface area contributed by atoms with E-state index in [4.69, 9.17) is 16.7 Å². The molecule has 0 saturated carbocycles. The Bertz CT molecular complexity index is 415. The van der Waals surface area contributed by atoms with E-state index < -0.39 is 24.5 Å². The maximum atomic E-state index is 12.6. The lowest BCUT2D eigenvalue weighted by Gasteiger charge is -2.11. The van der Waals surface area contributed by atoms with Gasteiger partial charge in [-0.2, -0.15) is 0 Å². The van der Waals surface area contributed by atoms with E-state index in [1.807, 2.05) is 22.6 Å². The Balaban J connectivity index is 3.30. The number of carbonyl (C=O) groups is 1. The Kier molecular flexibility index (Phi) is 4.85. The summed E-state index contributed by atoms with van der Waals surface area (Å²) in [4.78, 5) is 14.1. The maximum absolute atomic E-state index is 12.6. The number of aromatic nitrogens is 1. The highest BCUT2D eigenvalue weighted by molar-refractivity contribution is 14.1. The van der Waals surface area contributed by atoms with E-state index in [0.717, 1.165) is 0 Å². The SMILES string of the molecule is O=C(O)Cc1c(C(F)F)ncc(CCl)c1I. The van der Waals surface area contributed by atoms with Crippen molar-refractivity contribution in [2.24, 2.45) is 0 Å². The van der Waals surface area contributed by atoms with Gasteiger partial charge in [0.25, 0.3) is 6.43 Å². The number of pyridine rings is 1. The lowest BCUT2D eigenvalue weighted by Crippen LogP contribution is -2.10. The summed E-state index contributed by atoms with van der Waals surface area (Å²) in [7, 11) is 0. The standard InChI is InChI=1S/C9H7ClF2INO2/c10-2-4-3-14-8(9(11)12)5(7(4)13)1-6(15)16/h3,9H,1-2H2,(H,15,16). The highest BCUT2D eigenvalue weighted by Gasteiger charge is 2.21. The van der Waals surface area contributed by atoms with E-state index in [9.17, 15) is 13.6 Å². The quantitative estimate of drug-likeness (QED) is 0.662. The first-order chi connectivity index (χ1) is 7.47. The minimum Gasteiger partial charge on any atom is -0.481 e. The van der Waals surface area contributed by atoms with Crippen LogP contribution in [0.15, 0.2) is 6.20 Å². The van der Waals surface area contributed by atoms with Gasteiger partial charge in [0.2, 0.25) is 0 Å². The third-order valence-electron chi connectivity index (χ3n) is 1.89. The highest BCUT2D eigenvalue weighted by Crippen LogP contribution is 2.27. The number of nitrogens with zero attached hydrogens (tertiary/aromatic N) is 1. The van der Waals surface area contributed by atoms with Gasteiger partial charge in [0, 0.05) is 21.2 Å². The fourth-order valence-electron chi connectivity index (χ4n) is 1.19. The molecule has 0 atom stereocenters. The van der Waals surface area contributed by atoms with Crippen molar-refractivity contribution >= 4 is 40.2 Å². The number of halogens is 4. The van der Waals surface area contributed by atoms with Crippen LogP contribution in [-0.2, 0) is 17.1 Å². The Labute approximate surface area is 109 Å². The molecule has 88 valence electrons. The van der Waals surface area contributed by atoms with Crippen LogP contribution in [0.3, 0.4) is 0 Å². The molecule has 1 aromatic rings. The largest absolute Gasteiger partial charge is 0.481 e. The summed E-state index contributed by atoms with van der Waals surface area (Å²) in [5, 5.41) is 8.65. The van der Waals surface area contributed by atoms with Gasteiger partial charge in [-0.1, -0.05) is 0 Å². The number of carboxylic acid groups (broad SMARTS) is 1. The molecule has 7 heteroatoms. The average Bonchev–Trinajstić information content (AvgIpc) is 2.19. The Morgan fingerprint density at radius 1 is 1.62 bits per heavy atom. The van der Waals surface area contributed by atoms with Crippen molar-refractivity contribution in [3.05, 3.63) is 26.6 Å². The first kappa shape index (κ1) is 13.6. The van der Waals surface area contributed by atoms with Crippen molar-refractivity contribution in [3.63, 3.8) is 0 Å². The van der Waals surface area contributed by atoms with E-state index >= 15 is 0 Å². The Morgan fingerprint density at radius 3 is 2.69 bits per heavy atom. The molecule has 3 nitrogen and oxygen atoms in total. The van der Waals surface area contributed by atoms with E-state index in [-0.39, 0.29) is 11.4 Å². The normalized spacial score (nSPS) is 10.8. The molecule has 1 aromatic heterocycles. The lowest BCUT2D eigenvalue weighted by molar-refractivity contribution is -0.136. The molecule has 0 aliphatic carbocycles. The second-order valence-corrected chi connectivity index (χ2v) is 4.31. The zero-order chi connectivity index (χ0) is 12.3. The summed E-state index contributed by atoms with van der Waals surface area (Å²) < 4.78 is 25.6. The lowest BCUT2D eigenvalue weighted by atomic mass is 10.1. The molecule has 0 aromatic carbocycles. The summed E-state index contributed by atoms with van der Waals surface area (Å²) in [5.74, 6) is -1.06. The molecule has 0 aliphatic heterocycles. The summed E-state index contributed by atoms with van der Waals surface area (Å²) in [6, 6.07) is 0. The molecule has 0 radical (unpaired) electrons. The molecule has 0 fully saturated rings. The highest BCUT2D eigenvalue weighted by atomic mass is 127. The van der Waals surface area contributed by atoms with Gasteiger partial charge in [-0.05, 0) is 28.2 Å². The van der Waals surface area contributed by atoms with Crippen LogP contribution in [0.2, 0.25) is 0 Å². The van der Waals surface area contributed by atoms with Crippen molar-refractivity contribution in [1.29, 1.82) is 0 Å².